The highest BCUT2D eigenvalue weighted by molar-refractivity contribution is 7.99. The number of carbonyl (C=O) groups excluding carboxylic acids is 1. The molecule has 0 saturated carbocycles. The standard InChI is InChI=1S/C19H21N5O3S/c1-12-5-6-15(7-13(12)2)24-19(21-22-23-24)28-11-18(25)20-14-8-16(26-3)10-17(9-14)27-4/h5-10H,11H2,1-4H3,(H,20,25). The Kier molecular flexibility index (Phi) is 6.15. The van der Waals surface area contributed by atoms with E-state index in [2.05, 4.69) is 20.8 Å². The van der Waals surface area contributed by atoms with Crippen molar-refractivity contribution in [2.75, 3.05) is 25.3 Å². The van der Waals surface area contributed by atoms with Gasteiger partial charge in [0.15, 0.2) is 0 Å². The van der Waals surface area contributed by atoms with Gasteiger partial charge in [0.2, 0.25) is 11.1 Å². The number of hydrogen-bond donors (Lipinski definition) is 1. The van der Waals surface area contributed by atoms with Crippen molar-refractivity contribution in [2.45, 2.75) is 19.0 Å². The number of ether oxygens (including phenoxy) is 2. The van der Waals surface area contributed by atoms with Gasteiger partial charge < -0.3 is 14.8 Å². The molecule has 1 amide bonds. The van der Waals surface area contributed by atoms with Crippen LogP contribution < -0.4 is 14.8 Å². The second-order valence-electron chi connectivity index (χ2n) is 6.08. The molecule has 28 heavy (non-hydrogen) atoms. The Hall–Kier alpha value is -3.07. The quantitative estimate of drug-likeness (QED) is 0.611. The number of carbonyl (C=O) groups is 1. The SMILES string of the molecule is COc1cc(NC(=O)CSc2nnnn2-c2ccc(C)c(C)c2)cc(OC)c1. The molecule has 0 aliphatic heterocycles. The number of rotatable bonds is 7. The normalized spacial score (nSPS) is 10.6. The number of aryl methyl sites for hydroxylation is 2. The highest BCUT2D eigenvalue weighted by atomic mass is 32.2. The average Bonchev–Trinajstić information content (AvgIpc) is 3.16. The number of aromatic nitrogens is 4. The molecule has 0 fully saturated rings. The first-order valence-corrected chi connectivity index (χ1v) is 9.50. The topological polar surface area (TPSA) is 91.2 Å². The zero-order valence-corrected chi connectivity index (χ0v) is 16.9. The zero-order valence-electron chi connectivity index (χ0n) is 16.1. The smallest absolute Gasteiger partial charge is 0.234 e. The van der Waals surface area contributed by atoms with Gasteiger partial charge in [0.1, 0.15) is 11.5 Å². The second kappa shape index (κ2) is 8.75. The molecular weight excluding hydrogens is 378 g/mol. The van der Waals surface area contributed by atoms with Gasteiger partial charge in [-0.25, -0.2) is 0 Å². The molecule has 1 N–H and O–H groups in total. The van der Waals surface area contributed by atoms with Crippen LogP contribution in [0.25, 0.3) is 5.69 Å². The first kappa shape index (κ1) is 19.7. The van der Waals surface area contributed by atoms with E-state index in [0.717, 1.165) is 11.3 Å². The first-order chi connectivity index (χ1) is 13.5. The van der Waals surface area contributed by atoms with E-state index in [1.807, 2.05) is 32.0 Å². The van der Waals surface area contributed by atoms with Crippen molar-refractivity contribution in [1.29, 1.82) is 0 Å². The lowest BCUT2D eigenvalue weighted by Gasteiger charge is -2.10. The highest BCUT2D eigenvalue weighted by Crippen LogP contribution is 2.26. The molecule has 0 unspecified atom stereocenters. The molecule has 1 aromatic heterocycles. The van der Waals surface area contributed by atoms with E-state index in [-0.39, 0.29) is 11.7 Å². The minimum Gasteiger partial charge on any atom is -0.497 e. The average molecular weight is 399 g/mol. The minimum absolute atomic E-state index is 0.157. The maximum absolute atomic E-state index is 12.4. The van der Waals surface area contributed by atoms with E-state index < -0.39 is 0 Å². The third-order valence-electron chi connectivity index (χ3n) is 4.14. The van der Waals surface area contributed by atoms with Crippen LogP contribution in [0.2, 0.25) is 0 Å². The van der Waals surface area contributed by atoms with Crippen LogP contribution in [0.3, 0.4) is 0 Å². The number of thioether (sulfide) groups is 1. The maximum Gasteiger partial charge on any atom is 0.234 e. The summed E-state index contributed by atoms with van der Waals surface area (Å²) >= 11 is 1.26. The molecule has 8 nitrogen and oxygen atoms in total. The largest absolute Gasteiger partial charge is 0.497 e. The van der Waals surface area contributed by atoms with E-state index in [1.165, 1.54) is 17.3 Å². The summed E-state index contributed by atoms with van der Waals surface area (Å²) in [7, 11) is 3.12. The van der Waals surface area contributed by atoms with Gasteiger partial charge in [-0.1, -0.05) is 17.8 Å². The molecule has 9 heteroatoms. The number of nitrogens with zero attached hydrogens (tertiary/aromatic N) is 4. The van der Waals surface area contributed by atoms with Gasteiger partial charge in [-0.05, 0) is 47.5 Å². The van der Waals surface area contributed by atoms with Crippen LogP contribution in [0, 0.1) is 13.8 Å². The van der Waals surface area contributed by atoms with Gasteiger partial charge in [0.25, 0.3) is 0 Å². The Balaban J connectivity index is 1.67. The molecule has 146 valence electrons. The van der Waals surface area contributed by atoms with E-state index in [1.54, 1.807) is 37.1 Å². The summed E-state index contributed by atoms with van der Waals surface area (Å²) in [6, 6.07) is 11.2. The lowest BCUT2D eigenvalue weighted by Crippen LogP contribution is -2.14. The Bertz CT molecular complexity index is 967. The lowest BCUT2D eigenvalue weighted by atomic mass is 10.1. The van der Waals surface area contributed by atoms with Crippen LogP contribution in [0.15, 0.2) is 41.6 Å². The Morgan fingerprint density at radius 2 is 1.79 bits per heavy atom. The summed E-state index contributed by atoms with van der Waals surface area (Å²) in [6.45, 7) is 4.08. The van der Waals surface area contributed by atoms with Gasteiger partial charge in [0, 0.05) is 23.9 Å². The number of methoxy groups -OCH3 is 2. The molecular formula is C19H21N5O3S. The van der Waals surface area contributed by atoms with E-state index in [9.17, 15) is 4.79 Å². The number of amides is 1. The van der Waals surface area contributed by atoms with Crippen LogP contribution in [0.5, 0.6) is 11.5 Å². The maximum atomic E-state index is 12.4. The summed E-state index contributed by atoms with van der Waals surface area (Å²) in [4.78, 5) is 12.4. The van der Waals surface area contributed by atoms with Crippen molar-refractivity contribution >= 4 is 23.4 Å². The number of anilines is 1. The van der Waals surface area contributed by atoms with Gasteiger partial charge in [-0.15, -0.1) is 5.10 Å². The Labute approximate surface area is 167 Å². The molecule has 1 heterocycles. The molecule has 0 spiro atoms. The summed E-state index contributed by atoms with van der Waals surface area (Å²) in [5.41, 5.74) is 3.79. The molecule has 0 atom stereocenters. The fourth-order valence-electron chi connectivity index (χ4n) is 2.50. The molecule has 0 radical (unpaired) electrons. The lowest BCUT2D eigenvalue weighted by molar-refractivity contribution is -0.113. The molecule has 3 aromatic rings. The van der Waals surface area contributed by atoms with Gasteiger partial charge >= 0.3 is 0 Å². The van der Waals surface area contributed by atoms with Gasteiger partial charge in [-0.3, -0.25) is 4.79 Å². The van der Waals surface area contributed by atoms with Gasteiger partial charge in [0.05, 0.1) is 25.7 Å². The van der Waals surface area contributed by atoms with E-state index in [0.29, 0.717) is 22.3 Å². The molecule has 3 rings (SSSR count). The predicted octanol–water partition coefficient (Wildman–Crippen LogP) is 3.03. The molecule has 2 aromatic carbocycles. The minimum atomic E-state index is -0.185. The summed E-state index contributed by atoms with van der Waals surface area (Å²) in [5, 5.41) is 15.2. The molecule has 0 saturated heterocycles. The molecule has 0 bridgehead atoms. The van der Waals surface area contributed by atoms with E-state index in [4.69, 9.17) is 9.47 Å². The van der Waals surface area contributed by atoms with Crippen molar-refractivity contribution in [2.24, 2.45) is 0 Å². The zero-order chi connectivity index (χ0) is 20.1. The monoisotopic (exact) mass is 399 g/mol. The van der Waals surface area contributed by atoms with Crippen LogP contribution >= 0.6 is 11.8 Å². The fourth-order valence-corrected chi connectivity index (χ4v) is 3.19. The summed E-state index contributed by atoms with van der Waals surface area (Å²) in [6.07, 6.45) is 0. The van der Waals surface area contributed by atoms with Crippen molar-refractivity contribution in [3.8, 4) is 17.2 Å². The van der Waals surface area contributed by atoms with Crippen LogP contribution in [0.1, 0.15) is 11.1 Å². The number of nitrogens with one attached hydrogen (secondary N) is 1. The Morgan fingerprint density at radius 3 is 2.43 bits per heavy atom. The second-order valence-corrected chi connectivity index (χ2v) is 7.02. The fraction of sp³-hybridized carbons (Fsp3) is 0.263. The van der Waals surface area contributed by atoms with Gasteiger partial charge in [-0.2, -0.15) is 4.68 Å². The van der Waals surface area contributed by atoms with Crippen molar-refractivity contribution in [3.63, 3.8) is 0 Å². The summed E-state index contributed by atoms with van der Waals surface area (Å²) < 4.78 is 12.1. The van der Waals surface area contributed by atoms with Crippen molar-refractivity contribution in [3.05, 3.63) is 47.5 Å². The third kappa shape index (κ3) is 4.61. The van der Waals surface area contributed by atoms with Crippen LogP contribution in [0.4, 0.5) is 5.69 Å². The van der Waals surface area contributed by atoms with Crippen molar-refractivity contribution < 1.29 is 14.3 Å². The number of benzene rings is 2. The molecule has 0 aliphatic rings. The number of hydrogen-bond acceptors (Lipinski definition) is 7. The third-order valence-corrected chi connectivity index (χ3v) is 5.06. The van der Waals surface area contributed by atoms with Crippen molar-refractivity contribution in [1.82, 2.24) is 20.2 Å². The van der Waals surface area contributed by atoms with Crippen LogP contribution in [-0.4, -0.2) is 46.1 Å². The highest BCUT2D eigenvalue weighted by Gasteiger charge is 2.13. The summed E-state index contributed by atoms with van der Waals surface area (Å²) in [5.74, 6) is 1.17. The predicted molar refractivity (Wildman–Crippen MR) is 108 cm³/mol. The number of tetrazole rings is 1. The van der Waals surface area contributed by atoms with Crippen LogP contribution in [-0.2, 0) is 4.79 Å². The molecule has 0 aliphatic carbocycles. The Morgan fingerprint density at radius 1 is 1.07 bits per heavy atom. The first-order valence-electron chi connectivity index (χ1n) is 8.52. The van der Waals surface area contributed by atoms with E-state index >= 15 is 0 Å².